The molecule has 0 N–H and O–H groups in total. The Kier molecular flexibility index (Phi) is 5.50. The summed E-state index contributed by atoms with van der Waals surface area (Å²) in [6, 6.07) is 16.4. The average Bonchev–Trinajstić information content (AvgIpc) is 3.01. The third-order valence-electron chi connectivity index (χ3n) is 4.15. The van der Waals surface area contributed by atoms with Gasteiger partial charge in [-0.15, -0.1) is 0 Å². The molecule has 7 heteroatoms. The zero-order valence-corrected chi connectivity index (χ0v) is 15.6. The number of benzene rings is 2. The molecule has 0 saturated carbocycles. The Morgan fingerprint density at radius 1 is 1.19 bits per heavy atom. The lowest BCUT2D eigenvalue weighted by Crippen LogP contribution is -2.06. The summed E-state index contributed by atoms with van der Waals surface area (Å²) < 4.78 is 7.16. The highest BCUT2D eigenvalue weighted by Gasteiger charge is 2.20. The Hall–Kier alpha value is -3.21. The normalized spacial score (nSPS) is 10.3. The SMILES string of the molecule is CCOC(=O)c1cc(-c2ccc(Cl)cc2)n(-c2ccc(N=[N+]=[N-])cc2)c1C. The number of hydrogen-bond acceptors (Lipinski definition) is 3. The third-order valence-corrected chi connectivity index (χ3v) is 4.40. The van der Waals surface area contributed by atoms with Crippen molar-refractivity contribution >= 4 is 23.3 Å². The van der Waals surface area contributed by atoms with Gasteiger partial charge in [-0.25, -0.2) is 4.79 Å². The molecule has 0 radical (unpaired) electrons. The number of rotatable bonds is 5. The fourth-order valence-electron chi connectivity index (χ4n) is 2.91. The molecule has 0 spiro atoms. The van der Waals surface area contributed by atoms with Crippen LogP contribution < -0.4 is 0 Å². The Bertz CT molecular complexity index is 1020. The van der Waals surface area contributed by atoms with E-state index in [0.717, 1.165) is 22.6 Å². The van der Waals surface area contributed by atoms with Gasteiger partial charge in [-0.2, -0.15) is 0 Å². The van der Waals surface area contributed by atoms with Crippen LogP contribution in [0.5, 0.6) is 0 Å². The van der Waals surface area contributed by atoms with Gasteiger partial charge in [0.2, 0.25) is 0 Å². The number of halogens is 1. The quantitative estimate of drug-likeness (QED) is 0.228. The van der Waals surface area contributed by atoms with Gasteiger partial charge in [-0.05, 0) is 55.3 Å². The molecule has 0 atom stereocenters. The second kappa shape index (κ2) is 7.99. The summed E-state index contributed by atoms with van der Waals surface area (Å²) in [5, 5.41) is 4.23. The van der Waals surface area contributed by atoms with Crippen LogP contribution in [-0.2, 0) is 4.74 Å². The molecule has 1 heterocycles. The molecule has 136 valence electrons. The maximum absolute atomic E-state index is 12.4. The van der Waals surface area contributed by atoms with Crippen molar-refractivity contribution < 1.29 is 9.53 Å². The van der Waals surface area contributed by atoms with Crippen molar-refractivity contribution in [3.8, 4) is 16.9 Å². The maximum Gasteiger partial charge on any atom is 0.339 e. The first-order valence-electron chi connectivity index (χ1n) is 8.36. The zero-order chi connectivity index (χ0) is 19.4. The van der Waals surface area contributed by atoms with Gasteiger partial charge in [0, 0.05) is 27.0 Å². The van der Waals surface area contributed by atoms with Crippen LogP contribution >= 0.6 is 11.6 Å². The van der Waals surface area contributed by atoms with E-state index < -0.39 is 0 Å². The van der Waals surface area contributed by atoms with Crippen LogP contribution in [-0.4, -0.2) is 17.1 Å². The van der Waals surface area contributed by atoms with Crippen LogP contribution in [0.15, 0.2) is 59.7 Å². The summed E-state index contributed by atoms with van der Waals surface area (Å²) in [5.41, 5.74) is 12.9. The van der Waals surface area contributed by atoms with E-state index in [9.17, 15) is 4.79 Å². The van der Waals surface area contributed by atoms with Crippen LogP contribution in [0.4, 0.5) is 5.69 Å². The largest absolute Gasteiger partial charge is 0.462 e. The molecule has 3 rings (SSSR count). The lowest BCUT2D eigenvalue weighted by Gasteiger charge is -2.13. The molecule has 0 fully saturated rings. The molecular weight excluding hydrogens is 364 g/mol. The number of carbonyl (C=O) groups is 1. The van der Waals surface area contributed by atoms with Crippen LogP contribution in [0.1, 0.15) is 23.0 Å². The second-order valence-corrected chi connectivity index (χ2v) is 6.23. The minimum atomic E-state index is -0.366. The standard InChI is InChI=1S/C20H17ClN4O2/c1-3-27-20(26)18-12-19(14-4-6-15(21)7-5-14)25(13(18)2)17-10-8-16(9-11-17)23-24-22/h4-12H,3H2,1-2H3. The Morgan fingerprint density at radius 3 is 2.44 bits per heavy atom. The number of aromatic nitrogens is 1. The van der Waals surface area contributed by atoms with E-state index in [1.54, 1.807) is 31.2 Å². The zero-order valence-electron chi connectivity index (χ0n) is 14.9. The molecular formula is C20H17ClN4O2. The average molecular weight is 381 g/mol. The third kappa shape index (κ3) is 3.82. The summed E-state index contributed by atoms with van der Waals surface area (Å²) in [4.78, 5) is 15.2. The van der Waals surface area contributed by atoms with E-state index in [-0.39, 0.29) is 5.97 Å². The first kappa shape index (κ1) is 18.6. The van der Waals surface area contributed by atoms with E-state index in [1.807, 2.05) is 41.8 Å². The van der Waals surface area contributed by atoms with Gasteiger partial charge in [0.05, 0.1) is 17.9 Å². The molecule has 0 aliphatic rings. The van der Waals surface area contributed by atoms with Crippen molar-refractivity contribution in [2.24, 2.45) is 5.11 Å². The fourth-order valence-corrected chi connectivity index (χ4v) is 3.03. The van der Waals surface area contributed by atoms with Crippen molar-refractivity contribution in [3.05, 3.63) is 81.3 Å². The Labute approximate surface area is 161 Å². The molecule has 0 bridgehead atoms. The van der Waals surface area contributed by atoms with E-state index in [1.165, 1.54) is 0 Å². The number of esters is 1. The highest BCUT2D eigenvalue weighted by atomic mass is 35.5. The summed E-state index contributed by atoms with van der Waals surface area (Å²) in [7, 11) is 0. The minimum absolute atomic E-state index is 0.306. The molecule has 6 nitrogen and oxygen atoms in total. The van der Waals surface area contributed by atoms with Gasteiger partial charge >= 0.3 is 5.97 Å². The molecule has 0 aliphatic carbocycles. The van der Waals surface area contributed by atoms with Gasteiger partial charge in [-0.3, -0.25) is 0 Å². The second-order valence-electron chi connectivity index (χ2n) is 5.80. The van der Waals surface area contributed by atoms with Gasteiger partial charge in [0.25, 0.3) is 0 Å². The van der Waals surface area contributed by atoms with E-state index in [4.69, 9.17) is 21.9 Å². The van der Waals surface area contributed by atoms with Gasteiger partial charge < -0.3 is 9.30 Å². The Balaban J connectivity index is 2.18. The van der Waals surface area contributed by atoms with Crippen LogP contribution in [0.3, 0.4) is 0 Å². The summed E-state index contributed by atoms with van der Waals surface area (Å²) in [6.07, 6.45) is 0. The molecule has 27 heavy (non-hydrogen) atoms. The molecule has 0 aliphatic heterocycles. The maximum atomic E-state index is 12.4. The van der Waals surface area contributed by atoms with Crippen LogP contribution in [0, 0.1) is 6.92 Å². The first-order valence-corrected chi connectivity index (χ1v) is 8.74. The molecule has 0 unspecified atom stereocenters. The van der Waals surface area contributed by atoms with E-state index in [0.29, 0.717) is 22.9 Å². The smallest absolute Gasteiger partial charge is 0.339 e. The van der Waals surface area contributed by atoms with Gasteiger partial charge in [0.1, 0.15) is 0 Å². The van der Waals surface area contributed by atoms with Crippen molar-refractivity contribution in [3.63, 3.8) is 0 Å². The highest BCUT2D eigenvalue weighted by Crippen LogP contribution is 2.31. The number of carbonyl (C=O) groups excluding carboxylic acids is 1. The Morgan fingerprint density at radius 2 is 1.85 bits per heavy atom. The van der Waals surface area contributed by atoms with Gasteiger partial charge in [-0.1, -0.05) is 41.0 Å². The van der Waals surface area contributed by atoms with Crippen molar-refractivity contribution in [2.75, 3.05) is 6.61 Å². The van der Waals surface area contributed by atoms with Crippen LogP contribution in [0.25, 0.3) is 27.4 Å². The molecule has 2 aromatic carbocycles. The topological polar surface area (TPSA) is 80.0 Å². The highest BCUT2D eigenvalue weighted by molar-refractivity contribution is 6.30. The predicted molar refractivity (Wildman–Crippen MR) is 106 cm³/mol. The number of ether oxygens (including phenoxy) is 1. The number of azide groups is 1. The van der Waals surface area contributed by atoms with E-state index >= 15 is 0 Å². The molecule has 0 saturated heterocycles. The summed E-state index contributed by atoms with van der Waals surface area (Å²) in [6.45, 7) is 3.95. The van der Waals surface area contributed by atoms with Crippen LogP contribution in [0.2, 0.25) is 5.02 Å². The molecule has 0 amide bonds. The fraction of sp³-hybridized carbons (Fsp3) is 0.150. The van der Waals surface area contributed by atoms with Crippen molar-refractivity contribution in [1.82, 2.24) is 4.57 Å². The summed E-state index contributed by atoms with van der Waals surface area (Å²) >= 11 is 6.01. The van der Waals surface area contributed by atoms with Crippen molar-refractivity contribution in [1.29, 1.82) is 0 Å². The number of nitrogens with zero attached hydrogens (tertiary/aromatic N) is 4. The summed E-state index contributed by atoms with van der Waals surface area (Å²) in [5.74, 6) is -0.366. The molecule has 3 aromatic rings. The van der Waals surface area contributed by atoms with E-state index in [2.05, 4.69) is 10.0 Å². The lowest BCUT2D eigenvalue weighted by molar-refractivity contribution is 0.0525. The molecule has 1 aromatic heterocycles. The van der Waals surface area contributed by atoms with Crippen molar-refractivity contribution in [2.45, 2.75) is 13.8 Å². The monoisotopic (exact) mass is 380 g/mol. The first-order chi connectivity index (χ1) is 13.0. The lowest BCUT2D eigenvalue weighted by atomic mass is 10.1. The minimum Gasteiger partial charge on any atom is -0.462 e. The predicted octanol–water partition coefficient (Wildman–Crippen LogP) is 6.22. The number of hydrogen-bond donors (Lipinski definition) is 0. The van der Waals surface area contributed by atoms with Gasteiger partial charge in [0.15, 0.2) is 0 Å².